The first-order valence-electron chi connectivity index (χ1n) is 7.52. The number of aliphatic hydroxyl groups is 1. The Bertz CT molecular complexity index is 450. The zero-order chi connectivity index (χ0) is 15.2. The van der Waals surface area contributed by atoms with Crippen LogP contribution in [-0.2, 0) is 11.2 Å². The smallest absolute Gasteiger partial charge is 0.222 e. The molecule has 1 N–H and O–H groups in total. The largest absolute Gasteiger partial charge is 0.396 e. The fourth-order valence-electron chi connectivity index (χ4n) is 2.98. The van der Waals surface area contributed by atoms with Crippen LogP contribution < -0.4 is 0 Å². The number of rotatable bonds is 6. The van der Waals surface area contributed by atoms with Crippen LogP contribution in [0.15, 0.2) is 24.5 Å². The van der Waals surface area contributed by atoms with Crippen LogP contribution in [0.25, 0.3) is 0 Å². The zero-order valence-corrected chi connectivity index (χ0v) is 12.9. The van der Waals surface area contributed by atoms with Crippen molar-refractivity contribution in [2.45, 2.75) is 12.8 Å². The zero-order valence-electron chi connectivity index (χ0n) is 12.9. The third kappa shape index (κ3) is 4.51. The van der Waals surface area contributed by atoms with Gasteiger partial charge in [0, 0.05) is 51.0 Å². The number of carbonyl (C=O) groups is 1. The molecule has 0 radical (unpaired) electrons. The number of likely N-dealkylation sites (tertiary alicyclic amines) is 1. The molecule has 0 aliphatic carbocycles. The summed E-state index contributed by atoms with van der Waals surface area (Å²) in [6.07, 6.45) is 4.79. The standard InChI is InChI=1S/C16H25N3O2/c1-18(2)9-14-10-19(11-15(14)12-20)16(21)6-5-13-4-3-7-17-8-13/h3-4,7-8,14-15,20H,5-6,9-12H2,1-2H3/t14-,15-/m1/s1. The predicted octanol–water partition coefficient (Wildman–Crippen LogP) is 0.643. The van der Waals surface area contributed by atoms with E-state index in [1.807, 2.05) is 37.3 Å². The maximum atomic E-state index is 12.3. The van der Waals surface area contributed by atoms with E-state index in [9.17, 15) is 9.90 Å². The number of hydrogen-bond donors (Lipinski definition) is 1. The van der Waals surface area contributed by atoms with Gasteiger partial charge >= 0.3 is 0 Å². The molecule has 0 aromatic carbocycles. The first-order chi connectivity index (χ1) is 10.1. The maximum Gasteiger partial charge on any atom is 0.222 e. The molecule has 21 heavy (non-hydrogen) atoms. The molecule has 1 fully saturated rings. The second kappa shape index (κ2) is 7.52. The number of hydrogen-bond acceptors (Lipinski definition) is 4. The number of aliphatic hydroxyl groups excluding tert-OH is 1. The number of pyridine rings is 1. The molecule has 2 rings (SSSR count). The van der Waals surface area contributed by atoms with Gasteiger partial charge in [-0.15, -0.1) is 0 Å². The highest BCUT2D eigenvalue weighted by atomic mass is 16.3. The van der Waals surface area contributed by atoms with Crippen LogP contribution in [0.2, 0.25) is 0 Å². The minimum atomic E-state index is 0.158. The van der Waals surface area contributed by atoms with E-state index < -0.39 is 0 Å². The van der Waals surface area contributed by atoms with Crippen molar-refractivity contribution in [1.82, 2.24) is 14.8 Å². The van der Waals surface area contributed by atoms with Gasteiger partial charge < -0.3 is 14.9 Å². The van der Waals surface area contributed by atoms with Gasteiger partial charge in [-0.05, 0) is 38.1 Å². The minimum Gasteiger partial charge on any atom is -0.396 e. The van der Waals surface area contributed by atoms with Gasteiger partial charge in [-0.25, -0.2) is 0 Å². The highest BCUT2D eigenvalue weighted by Crippen LogP contribution is 2.24. The fraction of sp³-hybridized carbons (Fsp3) is 0.625. The molecular formula is C16H25N3O2. The Kier molecular flexibility index (Phi) is 5.70. The van der Waals surface area contributed by atoms with Crippen molar-refractivity contribution < 1.29 is 9.90 Å². The Morgan fingerprint density at radius 3 is 2.81 bits per heavy atom. The van der Waals surface area contributed by atoms with Crippen LogP contribution in [0.3, 0.4) is 0 Å². The maximum absolute atomic E-state index is 12.3. The number of nitrogens with zero attached hydrogens (tertiary/aromatic N) is 3. The number of aryl methyl sites for hydroxylation is 1. The summed E-state index contributed by atoms with van der Waals surface area (Å²) in [6.45, 7) is 2.51. The summed E-state index contributed by atoms with van der Waals surface area (Å²) >= 11 is 0. The molecule has 0 bridgehead atoms. The summed E-state index contributed by atoms with van der Waals surface area (Å²) in [5, 5.41) is 9.49. The molecule has 0 spiro atoms. The molecule has 0 unspecified atom stereocenters. The Morgan fingerprint density at radius 1 is 1.43 bits per heavy atom. The molecule has 0 saturated carbocycles. The quantitative estimate of drug-likeness (QED) is 0.836. The molecule has 1 aliphatic rings. The molecule has 1 aromatic rings. The van der Waals surface area contributed by atoms with Gasteiger partial charge in [0.25, 0.3) is 0 Å². The van der Waals surface area contributed by atoms with E-state index in [0.717, 1.165) is 25.1 Å². The molecule has 5 nitrogen and oxygen atoms in total. The SMILES string of the molecule is CN(C)C[C@@H]1CN(C(=O)CCc2cccnc2)C[C@@H]1CO. The molecule has 5 heteroatoms. The average molecular weight is 291 g/mol. The molecule has 1 aromatic heterocycles. The molecule has 116 valence electrons. The van der Waals surface area contributed by atoms with Crippen LogP contribution >= 0.6 is 0 Å². The second-order valence-corrected chi connectivity index (χ2v) is 6.12. The van der Waals surface area contributed by atoms with Gasteiger partial charge in [0.2, 0.25) is 5.91 Å². The summed E-state index contributed by atoms with van der Waals surface area (Å²) in [7, 11) is 4.06. The van der Waals surface area contributed by atoms with Gasteiger partial charge in [0.05, 0.1) is 0 Å². The van der Waals surface area contributed by atoms with Crippen molar-refractivity contribution >= 4 is 5.91 Å². The van der Waals surface area contributed by atoms with Gasteiger partial charge in [0.15, 0.2) is 0 Å². The van der Waals surface area contributed by atoms with Gasteiger partial charge in [-0.1, -0.05) is 6.07 Å². The first kappa shape index (κ1) is 15.9. The van der Waals surface area contributed by atoms with E-state index in [2.05, 4.69) is 9.88 Å². The highest BCUT2D eigenvalue weighted by Gasteiger charge is 2.34. The lowest BCUT2D eigenvalue weighted by atomic mass is 9.97. The number of aromatic nitrogens is 1. The van der Waals surface area contributed by atoms with E-state index in [1.54, 1.807) is 6.20 Å². The van der Waals surface area contributed by atoms with Crippen LogP contribution in [0.5, 0.6) is 0 Å². The lowest BCUT2D eigenvalue weighted by molar-refractivity contribution is -0.130. The summed E-state index contributed by atoms with van der Waals surface area (Å²) < 4.78 is 0. The van der Waals surface area contributed by atoms with Gasteiger partial charge in [0.1, 0.15) is 0 Å². The Hall–Kier alpha value is -1.46. The summed E-state index contributed by atoms with van der Waals surface area (Å²) in [6, 6.07) is 3.89. The number of amides is 1. The Morgan fingerprint density at radius 2 is 2.19 bits per heavy atom. The van der Waals surface area contributed by atoms with Crippen LogP contribution in [-0.4, -0.2) is 66.1 Å². The third-order valence-corrected chi connectivity index (χ3v) is 4.11. The van der Waals surface area contributed by atoms with Crippen molar-refractivity contribution in [1.29, 1.82) is 0 Å². The Labute approximate surface area is 126 Å². The van der Waals surface area contributed by atoms with Crippen molar-refractivity contribution in [2.75, 3.05) is 40.3 Å². The predicted molar refractivity (Wildman–Crippen MR) is 81.8 cm³/mol. The number of carbonyl (C=O) groups excluding carboxylic acids is 1. The molecule has 1 saturated heterocycles. The first-order valence-corrected chi connectivity index (χ1v) is 7.52. The van der Waals surface area contributed by atoms with Crippen molar-refractivity contribution in [3.8, 4) is 0 Å². The van der Waals surface area contributed by atoms with Gasteiger partial charge in [-0.3, -0.25) is 9.78 Å². The molecular weight excluding hydrogens is 266 g/mol. The summed E-state index contributed by atoms with van der Waals surface area (Å²) in [5.41, 5.74) is 1.09. The third-order valence-electron chi connectivity index (χ3n) is 4.11. The van der Waals surface area contributed by atoms with E-state index >= 15 is 0 Å². The van der Waals surface area contributed by atoms with Crippen LogP contribution in [0.1, 0.15) is 12.0 Å². The average Bonchev–Trinajstić information content (AvgIpc) is 2.88. The van der Waals surface area contributed by atoms with E-state index in [4.69, 9.17) is 0 Å². The summed E-state index contributed by atoms with van der Waals surface area (Å²) in [4.78, 5) is 20.4. The topological polar surface area (TPSA) is 56.7 Å². The second-order valence-electron chi connectivity index (χ2n) is 6.12. The minimum absolute atomic E-state index is 0.158. The highest BCUT2D eigenvalue weighted by molar-refractivity contribution is 5.76. The molecule has 1 amide bonds. The Balaban J connectivity index is 1.85. The van der Waals surface area contributed by atoms with E-state index in [0.29, 0.717) is 18.9 Å². The van der Waals surface area contributed by atoms with Gasteiger partial charge in [-0.2, -0.15) is 0 Å². The van der Waals surface area contributed by atoms with E-state index in [1.165, 1.54) is 0 Å². The van der Waals surface area contributed by atoms with Crippen molar-refractivity contribution in [3.05, 3.63) is 30.1 Å². The fourth-order valence-corrected chi connectivity index (χ4v) is 2.98. The lowest BCUT2D eigenvalue weighted by Crippen LogP contribution is -2.30. The lowest BCUT2D eigenvalue weighted by Gasteiger charge is -2.20. The van der Waals surface area contributed by atoms with Crippen molar-refractivity contribution in [2.24, 2.45) is 11.8 Å². The molecule has 2 atom stereocenters. The van der Waals surface area contributed by atoms with Crippen LogP contribution in [0.4, 0.5) is 0 Å². The van der Waals surface area contributed by atoms with Crippen molar-refractivity contribution in [3.63, 3.8) is 0 Å². The monoisotopic (exact) mass is 291 g/mol. The molecule has 2 heterocycles. The van der Waals surface area contributed by atoms with E-state index in [-0.39, 0.29) is 18.4 Å². The summed E-state index contributed by atoms with van der Waals surface area (Å²) in [5.74, 6) is 0.751. The normalized spacial score (nSPS) is 22.0. The molecule has 1 aliphatic heterocycles. The van der Waals surface area contributed by atoms with Crippen LogP contribution in [0, 0.1) is 11.8 Å².